The Morgan fingerprint density at radius 1 is 1.40 bits per heavy atom. The highest BCUT2D eigenvalue weighted by atomic mass is 16.5. The molecule has 1 aromatic rings. The standard InChI is InChI=1S/C12H13NO2/c1-10-5-7-11(8-6-10)13-9-3-4-12(14)15-2/h5-8,13H,9H2,1-2H3. The van der Waals surface area contributed by atoms with Gasteiger partial charge in [-0.15, -0.1) is 0 Å². The van der Waals surface area contributed by atoms with Crippen LogP contribution in [0.2, 0.25) is 0 Å². The Morgan fingerprint density at radius 2 is 2.07 bits per heavy atom. The highest BCUT2D eigenvalue weighted by Gasteiger charge is 1.90. The molecular weight excluding hydrogens is 190 g/mol. The second-order valence-electron chi connectivity index (χ2n) is 3.01. The van der Waals surface area contributed by atoms with Crippen LogP contribution in [0.25, 0.3) is 0 Å². The molecule has 0 fully saturated rings. The van der Waals surface area contributed by atoms with E-state index in [1.807, 2.05) is 31.2 Å². The molecule has 1 aromatic carbocycles. The largest absolute Gasteiger partial charge is 0.459 e. The summed E-state index contributed by atoms with van der Waals surface area (Å²) in [5, 5.41) is 3.07. The Morgan fingerprint density at radius 3 is 2.67 bits per heavy atom. The van der Waals surface area contributed by atoms with Crippen molar-refractivity contribution < 1.29 is 9.53 Å². The molecule has 78 valence electrons. The second-order valence-corrected chi connectivity index (χ2v) is 3.01. The molecule has 3 nitrogen and oxygen atoms in total. The van der Waals surface area contributed by atoms with Crippen LogP contribution in [0, 0.1) is 18.8 Å². The maximum atomic E-state index is 10.6. The first kappa shape index (κ1) is 11.1. The number of esters is 1. The predicted molar refractivity (Wildman–Crippen MR) is 59.5 cm³/mol. The smallest absolute Gasteiger partial charge is 0.384 e. The van der Waals surface area contributed by atoms with Crippen LogP contribution >= 0.6 is 0 Å². The van der Waals surface area contributed by atoms with Gasteiger partial charge in [0.1, 0.15) is 0 Å². The molecule has 0 bridgehead atoms. The molecule has 1 rings (SSSR count). The van der Waals surface area contributed by atoms with Crippen molar-refractivity contribution in [1.82, 2.24) is 0 Å². The maximum absolute atomic E-state index is 10.6. The average molecular weight is 203 g/mol. The van der Waals surface area contributed by atoms with Crippen LogP contribution < -0.4 is 5.32 Å². The Labute approximate surface area is 89.4 Å². The monoisotopic (exact) mass is 203 g/mol. The van der Waals surface area contributed by atoms with Crippen molar-refractivity contribution >= 4 is 11.7 Å². The van der Waals surface area contributed by atoms with Crippen LogP contribution in [0.3, 0.4) is 0 Å². The molecule has 0 aliphatic heterocycles. The molecule has 0 spiro atoms. The number of rotatable bonds is 2. The Hall–Kier alpha value is -1.95. The van der Waals surface area contributed by atoms with E-state index < -0.39 is 5.97 Å². The number of benzene rings is 1. The van der Waals surface area contributed by atoms with Gasteiger partial charge in [-0.25, -0.2) is 4.79 Å². The summed E-state index contributed by atoms with van der Waals surface area (Å²) >= 11 is 0. The lowest BCUT2D eigenvalue weighted by molar-refractivity contribution is -0.133. The number of anilines is 1. The zero-order chi connectivity index (χ0) is 11.1. The van der Waals surface area contributed by atoms with Crippen molar-refractivity contribution in [2.45, 2.75) is 6.92 Å². The van der Waals surface area contributed by atoms with E-state index in [0.717, 1.165) is 5.69 Å². The van der Waals surface area contributed by atoms with Crippen molar-refractivity contribution in [2.75, 3.05) is 19.0 Å². The zero-order valence-electron chi connectivity index (χ0n) is 8.83. The predicted octanol–water partition coefficient (Wildman–Crippen LogP) is 1.58. The third-order valence-corrected chi connectivity index (χ3v) is 1.81. The summed E-state index contributed by atoms with van der Waals surface area (Å²) in [6.07, 6.45) is 0. The van der Waals surface area contributed by atoms with Gasteiger partial charge in [0.15, 0.2) is 0 Å². The van der Waals surface area contributed by atoms with Crippen molar-refractivity contribution in [3.63, 3.8) is 0 Å². The van der Waals surface area contributed by atoms with E-state index >= 15 is 0 Å². The molecule has 1 N–H and O–H groups in total. The van der Waals surface area contributed by atoms with Crippen LogP contribution in [0.1, 0.15) is 5.56 Å². The van der Waals surface area contributed by atoms with Gasteiger partial charge in [0.05, 0.1) is 13.7 Å². The number of nitrogens with one attached hydrogen (secondary N) is 1. The van der Waals surface area contributed by atoms with Crippen LogP contribution in [-0.4, -0.2) is 19.6 Å². The van der Waals surface area contributed by atoms with E-state index in [0.29, 0.717) is 6.54 Å². The minimum atomic E-state index is -0.513. The fourth-order valence-electron chi connectivity index (χ4n) is 0.985. The number of carbonyl (C=O) groups excluding carboxylic acids is 1. The summed E-state index contributed by atoms with van der Waals surface area (Å²) in [4.78, 5) is 10.6. The van der Waals surface area contributed by atoms with Gasteiger partial charge >= 0.3 is 5.97 Å². The lowest BCUT2D eigenvalue weighted by atomic mass is 10.2. The van der Waals surface area contributed by atoms with E-state index in [1.54, 1.807) is 0 Å². The maximum Gasteiger partial charge on any atom is 0.384 e. The summed E-state index contributed by atoms with van der Waals surface area (Å²) in [5.74, 6) is 4.49. The lowest BCUT2D eigenvalue weighted by Crippen LogP contribution is -2.00. The first-order valence-corrected chi connectivity index (χ1v) is 4.59. The van der Waals surface area contributed by atoms with E-state index in [-0.39, 0.29) is 0 Å². The molecule has 0 radical (unpaired) electrons. The number of hydrogen-bond acceptors (Lipinski definition) is 3. The van der Waals surface area contributed by atoms with Crippen LogP contribution in [0.4, 0.5) is 5.69 Å². The highest BCUT2D eigenvalue weighted by molar-refractivity contribution is 5.88. The van der Waals surface area contributed by atoms with Gasteiger partial charge in [0.2, 0.25) is 0 Å². The van der Waals surface area contributed by atoms with Gasteiger partial charge in [0.25, 0.3) is 0 Å². The number of ether oxygens (including phenoxy) is 1. The molecule has 0 unspecified atom stereocenters. The first-order valence-electron chi connectivity index (χ1n) is 4.59. The van der Waals surface area contributed by atoms with Crippen LogP contribution in [-0.2, 0) is 9.53 Å². The van der Waals surface area contributed by atoms with Crippen molar-refractivity contribution in [3.8, 4) is 11.8 Å². The van der Waals surface area contributed by atoms with Crippen LogP contribution in [0.5, 0.6) is 0 Å². The van der Waals surface area contributed by atoms with Crippen molar-refractivity contribution in [3.05, 3.63) is 29.8 Å². The summed E-state index contributed by atoms with van der Waals surface area (Å²) < 4.78 is 4.38. The molecule has 15 heavy (non-hydrogen) atoms. The molecule has 0 heterocycles. The van der Waals surface area contributed by atoms with E-state index in [9.17, 15) is 4.79 Å². The third kappa shape index (κ3) is 4.19. The fraction of sp³-hybridized carbons (Fsp3) is 0.250. The molecule has 0 saturated carbocycles. The van der Waals surface area contributed by atoms with Gasteiger partial charge in [-0.3, -0.25) is 0 Å². The summed E-state index contributed by atoms with van der Waals surface area (Å²) in [5.41, 5.74) is 2.20. The molecule has 0 saturated heterocycles. The van der Waals surface area contributed by atoms with Gasteiger partial charge in [-0.2, -0.15) is 0 Å². The number of carbonyl (C=O) groups is 1. The molecule has 0 aromatic heterocycles. The molecule has 0 amide bonds. The Balaban J connectivity index is 2.40. The minimum Gasteiger partial charge on any atom is -0.459 e. The third-order valence-electron chi connectivity index (χ3n) is 1.81. The van der Waals surface area contributed by atoms with Crippen molar-refractivity contribution in [2.24, 2.45) is 0 Å². The Kier molecular flexibility index (Phi) is 4.24. The minimum absolute atomic E-state index is 0.429. The number of aryl methyl sites for hydroxylation is 1. The molecule has 0 atom stereocenters. The van der Waals surface area contributed by atoms with Crippen molar-refractivity contribution in [1.29, 1.82) is 0 Å². The Bertz CT molecular complexity index is 384. The number of hydrogen-bond donors (Lipinski definition) is 1. The topological polar surface area (TPSA) is 38.3 Å². The SMILES string of the molecule is COC(=O)C#CCNc1ccc(C)cc1. The lowest BCUT2D eigenvalue weighted by Gasteiger charge is -2.01. The quantitative estimate of drug-likeness (QED) is 0.450. The normalized spacial score (nSPS) is 8.67. The average Bonchev–Trinajstić information content (AvgIpc) is 2.26. The molecule has 3 heteroatoms. The summed E-state index contributed by atoms with van der Waals surface area (Å²) in [6, 6.07) is 7.95. The van der Waals surface area contributed by atoms with E-state index in [1.165, 1.54) is 12.7 Å². The van der Waals surface area contributed by atoms with Gasteiger partial charge in [-0.1, -0.05) is 23.6 Å². The van der Waals surface area contributed by atoms with E-state index in [4.69, 9.17) is 0 Å². The van der Waals surface area contributed by atoms with Crippen LogP contribution in [0.15, 0.2) is 24.3 Å². The second kappa shape index (κ2) is 5.71. The first-order chi connectivity index (χ1) is 7.22. The highest BCUT2D eigenvalue weighted by Crippen LogP contribution is 2.07. The van der Waals surface area contributed by atoms with Gasteiger partial charge in [0, 0.05) is 11.6 Å². The zero-order valence-corrected chi connectivity index (χ0v) is 8.83. The summed E-state index contributed by atoms with van der Waals surface area (Å²) in [7, 11) is 1.31. The molecule has 0 aliphatic carbocycles. The molecular formula is C12H13NO2. The summed E-state index contributed by atoms with van der Waals surface area (Å²) in [6.45, 7) is 2.46. The fourth-order valence-corrected chi connectivity index (χ4v) is 0.985. The van der Waals surface area contributed by atoms with E-state index in [2.05, 4.69) is 21.9 Å². The number of methoxy groups -OCH3 is 1. The van der Waals surface area contributed by atoms with Gasteiger partial charge in [-0.05, 0) is 19.1 Å². The van der Waals surface area contributed by atoms with Gasteiger partial charge < -0.3 is 10.1 Å². The molecule has 0 aliphatic rings.